The van der Waals surface area contributed by atoms with Crippen molar-refractivity contribution in [3.05, 3.63) is 200 Å². The maximum Gasteiger partial charge on any atom is 0.0718 e. The molecular weight excluding hydrogens is 703 g/mol. The second-order valence-electron chi connectivity index (χ2n) is 14.0. The lowest BCUT2D eigenvalue weighted by Crippen LogP contribution is -2.11. The summed E-state index contributed by atoms with van der Waals surface area (Å²) in [6.07, 6.45) is 0. The number of nitrogens with zero attached hydrogens (tertiary/aromatic N) is 1. The van der Waals surface area contributed by atoms with E-state index in [1.807, 2.05) is 22.7 Å². The topological polar surface area (TPSA) is 3.24 Å². The predicted octanol–water partition coefficient (Wildman–Crippen LogP) is 16.0. The molecule has 258 valence electrons. The number of anilines is 3. The molecule has 9 aromatic carbocycles. The van der Waals surface area contributed by atoms with Crippen molar-refractivity contribution in [2.24, 2.45) is 0 Å². The van der Waals surface area contributed by atoms with Crippen molar-refractivity contribution < 1.29 is 0 Å². The van der Waals surface area contributed by atoms with Gasteiger partial charge in [-0.05, 0) is 81.1 Å². The van der Waals surface area contributed by atoms with Gasteiger partial charge in [0.25, 0.3) is 0 Å². The van der Waals surface area contributed by atoms with Gasteiger partial charge in [-0.2, -0.15) is 0 Å². The minimum Gasteiger partial charge on any atom is -0.308 e. The van der Waals surface area contributed by atoms with Gasteiger partial charge in [-0.15, -0.1) is 22.7 Å². The third-order valence-corrected chi connectivity index (χ3v) is 13.2. The van der Waals surface area contributed by atoms with Crippen molar-refractivity contribution in [2.75, 3.05) is 4.90 Å². The molecule has 0 unspecified atom stereocenters. The number of hydrogen-bond acceptors (Lipinski definition) is 3. The van der Waals surface area contributed by atoms with Gasteiger partial charge in [0.2, 0.25) is 0 Å². The van der Waals surface area contributed by atoms with Gasteiger partial charge in [0.1, 0.15) is 0 Å². The summed E-state index contributed by atoms with van der Waals surface area (Å²) in [4.78, 5) is 2.48. The molecule has 0 aliphatic carbocycles. The standard InChI is InChI=1S/C52H33NS2/c1-2-12-35(13-3-1)43-32-33-45-44-17-6-8-21-47(44)55-52(45)51(43)53(38-28-24-36(25-29-38)41-19-10-15-34-14-4-5-16-40(34)41)39-30-26-37(27-31-39)42-20-11-23-49-50(42)46-18-7-9-22-48(46)54-49/h1-33H. The Morgan fingerprint density at radius 2 is 0.855 bits per heavy atom. The van der Waals surface area contributed by atoms with Crippen molar-refractivity contribution in [3.8, 4) is 33.4 Å². The van der Waals surface area contributed by atoms with Gasteiger partial charge < -0.3 is 4.90 Å². The maximum atomic E-state index is 2.48. The van der Waals surface area contributed by atoms with Crippen LogP contribution in [-0.2, 0) is 0 Å². The smallest absolute Gasteiger partial charge is 0.0718 e. The van der Waals surface area contributed by atoms with Crippen LogP contribution in [0.3, 0.4) is 0 Å². The van der Waals surface area contributed by atoms with Crippen molar-refractivity contribution in [3.63, 3.8) is 0 Å². The van der Waals surface area contributed by atoms with Crippen molar-refractivity contribution >= 4 is 90.9 Å². The molecule has 0 bridgehead atoms. The SMILES string of the molecule is c1ccc(-c2ccc3c(sc4ccccc43)c2N(c2ccc(-c3cccc4ccccc34)cc2)c2ccc(-c3cccc4sc5ccccc5c34)cc2)cc1. The molecule has 2 aromatic heterocycles. The predicted molar refractivity (Wildman–Crippen MR) is 241 cm³/mol. The molecule has 2 heterocycles. The number of rotatable bonds is 6. The average molecular weight is 736 g/mol. The lowest BCUT2D eigenvalue weighted by molar-refractivity contribution is 1.30. The summed E-state index contributed by atoms with van der Waals surface area (Å²) in [5, 5.41) is 7.74. The minimum absolute atomic E-state index is 1.12. The normalized spacial score (nSPS) is 11.6. The van der Waals surface area contributed by atoms with Gasteiger partial charge in [0.05, 0.1) is 10.4 Å². The molecule has 0 spiro atoms. The molecule has 0 aliphatic rings. The summed E-state index contributed by atoms with van der Waals surface area (Å²) in [6.45, 7) is 0. The highest BCUT2D eigenvalue weighted by Crippen LogP contribution is 2.50. The molecule has 0 aliphatic heterocycles. The van der Waals surface area contributed by atoms with Crippen LogP contribution in [0.5, 0.6) is 0 Å². The fourth-order valence-corrected chi connectivity index (χ4v) is 10.7. The zero-order chi connectivity index (χ0) is 36.3. The van der Waals surface area contributed by atoms with Gasteiger partial charge >= 0.3 is 0 Å². The molecule has 0 amide bonds. The van der Waals surface area contributed by atoms with E-state index in [-0.39, 0.29) is 0 Å². The fourth-order valence-electron chi connectivity index (χ4n) is 8.33. The first kappa shape index (κ1) is 32.0. The third kappa shape index (κ3) is 5.35. The highest BCUT2D eigenvalue weighted by atomic mass is 32.1. The molecule has 0 atom stereocenters. The van der Waals surface area contributed by atoms with Crippen LogP contribution in [0, 0.1) is 0 Å². The third-order valence-electron chi connectivity index (χ3n) is 10.9. The summed E-state index contributed by atoms with van der Waals surface area (Å²) in [5.41, 5.74) is 10.8. The van der Waals surface area contributed by atoms with E-state index < -0.39 is 0 Å². The average Bonchev–Trinajstić information content (AvgIpc) is 3.83. The van der Waals surface area contributed by atoms with Crippen molar-refractivity contribution in [1.29, 1.82) is 0 Å². The summed E-state index contributed by atoms with van der Waals surface area (Å²) in [6, 6.07) is 73.4. The Bertz CT molecular complexity index is 3180. The Morgan fingerprint density at radius 1 is 0.309 bits per heavy atom. The minimum atomic E-state index is 1.12. The molecule has 11 rings (SSSR count). The lowest BCUT2D eigenvalue weighted by Gasteiger charge is -2.29. The van der Waals surface area contributed by atoms with Crippen LogP contribution >= 0.6 is 22.7 Å². The first-order chi connectivity index (χ1) is 27.3. The van der Waals surface area contributed by atoms with E-state index in [1.165, 1.54) is 90.2 Å². The van der Waals surface area contributed by atoms with Gasteiger partial charge in [0, 0.05) is 52.6 Å². The van der Waals surface area contributed by atoms with Gasteiger partial charge in [-0.3, -0.25) is 0 Å². The van der Waals surface area contributed by atoms with E-state index in [4.69, 9.17) is 0 Å². The van der Waals surface area contributed by atoms with E-state index in [2.05, 4.69) is 205 Å². The van der Waals surface area contributed by atoms with Crippen LogP contribution in [0.1, 0.15) is 0 Å². The van der Waals surface area contributed by atoms with Gasteiger partial charge in [0.15, 0.2) is 0 Å². The van der Waals surface area contributed by atoms with E-state index in [1.54, 1.807) is 0 Å². The first-order valence-electron chi connectivity index (χ1n) is 18.7. The van der Waals surface area contributed by atoms with Gasteiger partial charge in [-0.1, -0.05) is 158 Å². The molecule has 0 fully saturated rings. The van der Waals surface area contributed by atoms with Crippen LogP contribution in [-0.4, -0.2) is 0 Å². The summed E-state index contributed by atoms with van der Waals surface area (Å²) >= 11 is 3.75. The second kappa shape index (κ2) is 13.1. The maximum absolute atomic E-state index is 2.48. The zero-order valence-electron chi connectivity index (χ0n) is 29.8. The molecule has 0 saturated heterocycles. The van der Waals surface area contributed by atoms with E-state index in [0.29, 0.717) is 0 Å². The molecule has 0 radical (unpaired) electrons. The molecule has 3 heteroatoms. The van der Waals surface area contributed by atoms with Crippen molar-refractivity contribution in [1.82, 2.24) is 0 Å². The first-order valence-corrected chi connectivity index (χ1v) is 20.3. The Balaban J connectivity index is 1.13. The van der Waals surface area contributed by atoms with Crippen LogP contribution in [0.2, 0.25) is 0 Å². The molecule has 0 N–H and O–H groups in total. The Hall–Kier alpha value is -6.52. The van der Waals surface area contributed by atoms with E-state index >= 15 is 0 Å². The molecule has 0 saturated carbocycles. The Morgan fingerprint density at radius 3 is 1.62 bits per heavy atom. The Kier molecular flexibility index (Phi) is 7.61. The van der Waals surface area contributed by atoms with Crippen LogP contribution in [0.25, 0.3) is 84.5 Å². The number of hydrogen-bond donors (Lipinski definition) is 0. The summed E-state index contributed by atoms with van der Waals surface area (Å²) < 4.78 is 5.21. The largest absolute Gasteiger partial charge is 0.308 e. The molecule has 1 nitrogen and oxygen atoms in total. The highest BCUT2D eigenvalue weighted by Gasteiger charge is 2.23. The van der Waals surface area contributed by atoms with E-state index in [9.17, 15) is 0 Å². The quantitative estimate of drug-likeness (QED) is 0.164. The molecular formula is C52H33NS2. The molecule has 11 aromatic rings. The zero-order valence-corrected chi connectivity index (χ0v) is 31.4. The number of benzene rings is 9. The lowest BCUT2D eigenvalue weighted by atomic mass is 9.96. The second-order valence-corrected chi connectivity index (χ2v) is 16.2. The van der Waals surface area contributed by atoms with Gasteiger partial charge in [-0.25, -0.2) is 0 Å². The number of thiophene rings is 2. The van der Waals surface area contributed by atoms with Crippen LogP contribution < -0.4 is 4.90 Å². The molecule has 55 heavy (non-hydrogen) atoms. The monoisotopic (exact) mass is 735 g/mol. The van der Waals surface area contributed by atoms with E-state index in [0.717, 1.165) is 11.4 Å². The van der Waals surface area contributed by atoms with Crippen LogP contribution in [0.15, 0.2) is 200 Å². The van der Waals surface area contributed by atoms with Crippen molar-refractivity contribution in [2.45, 2.75) is 0 Å². The van der Waals surface area contributed by atoms with Crippen LogP contribution in [0.4, 0.5) is 17.1 Å². The Labute approximate surface area is 327 Å². The summed E-state index contributed by atoms with van der Waals surface area (Å²) in [7, 11) is 0. The highest BCUT2D eigenvalue weighted by molar-refractivity contribution is 7.26. The number of fused-ring (bicyclic) bond motifs is 7. The summed E-state index contributed by atoms with van der Waals surface area (Å²) in [5.74, 6) is 0. The fraction of sp³-hybridized carbons (Fsp3) is 0.